The highest BCUT2D eigenvalue weighted by Gasteiger charge is 2.25. The molecule has 0 aliphatic heterocycles. The van der Waals surface area contributed by atoms with Crippen molar-refractivity contribution in [3.63, 3.8) is 0 Å². The van der Waals surface area contributed by atoms with Gasteiger partial charge in [-0.3, -0.25) is 9.36 Å². The summed E-state index contributed by atoms with van der Waals surface area (Å²) in [5.41, 5.74) is 2.21. The molecule has 1 saturated carbocycles. The number of hydrogen-bond donors (Lipinski definition) is 0. The van der Waals surface area contributed by atoms with Gasteiger partial charge in [-0.05, 0) is 51.7 Å². The van der Waals surface area contributed by atoms with E-state index < -0.39 is 0 Å². The maximum atomic E-state index is 13.1. The van der Waals surface area contributed by atoms with Crippen molar-refractivity contribution in [1.82, 2.24) is 18.7 Å². The Morgan fingerprint density at radius 3 is 2.44 bits per heavy atom. The van der Waals surface area contributed by atoms with Crippen LogP contribution in [0.1, 0.15) is 38.3 Å². The number of aryl methyl sites for hydroxylation is 1. The van der Waals surface area contributed by atoms with Crippen molar-refractivity contribution >= 4 is 11.2 Å². The molecule has 6 nitrogen and oxygen atoms in total. The molecule has 25 heavy (non-hydrogen) atoms. The Labute approximate surface area is 145 Å². The van der Waals surface area contributed by atoms with Gasteiger partial charge in [0.05, 0.1) is 12.0 Å². The van der Waals surface area contributed by atoms with Crippen molar-refractivity contribution in [1.29, 1.82) is 0 Å². The standard InChI is InChI=1S/C19H22N4O2/c1-12(2)22-18(24)16-17(20-11-21(16)10-14-6-7-14)23(19(22)25)15-8-4-13(3)5-9-15/h4-5,8-9,11-12,14H,6-7,10H2,1-3H3. The maximum absolute atomic E-state index is 13.1. The molecule has 2 heterocycles. The Bertz CT molecular complexity index is 1050. The summed E-state index contributed by atoms with van der Waals surface area (Å²) < 4.78 is 4.80. The summed E-state index contributed by atoms with van der Waals surface area (Å²) in [4.78, 5) is 30.5. The normalized spacial score (nSPS) is 14.6. The molecule has 0 N–H and O–H groups in total. The summed E-state index contributed by atoms with van der Waals surface area (Å²) in [6, 6.07) is 7.49. The van der Waals surface area contributed by atoms with Gasteiger partial charge in [0, 0.05) is 12.6 Å². The van der Waals surface area contributed by atoms with Crippen LogP contribution < -0.4 is 11.2 Å². The zero-order chi connectivity index (χ0) is 17.7. The van der Waals surface area contributed by atoms with Crippen LogP contribution in [0.25, 0.3) is 16.9 Å². The molecule has 0 amide bonds. The van der Waals surface area contributed by atoms with Crippen molar-refractivity contribution in [2.75, 3.05) is 0 Å². The van der Waals surface area contributed by atoms with Gasteiger partial charge in [-0.2, -0.15) is 0 Å². The van der Waals surface area contributed by atoms with Gasteiger partial charge in [0.15, 0.2) is 11.2 Å². The van der Waals surface area contributed by atoms with E-state index >= 15 is 0 Å². The maximum Gasteiger partial charge on any atom is 0.337 e. The third-order valence-corrected chi connectivity index (χ3v) is 4.81. The van der Waals surface area contributed by atoms with E-state index in [1.54, 1.807) is 10.9 Å². The number of fused-ring (bicyclic) bond motifs is 1. The lowest BCUT2D eigenvalue weighted by Crippen LogP contribution is -2.41. The molecule has 1 aliphatic rings. The number of hydrogen-bond acceptors (Lipinski definition) is 3. The summed E-state index contributed by atoms with van der Waals surface area (Å²) in [7, 11) is 0. The molecule has 0 bridgehead atoms. The second-order valence-electron chi connectivity index (χ2n) is 7.23. The Hall–Kier alpha value is -2.63. The highest BCUT2D eigenvalue weighted by atomic mass is 16.2. The Balaban J connectivity index is 2.06. The van der Waals surface area contributed by atoms with Crippen LogP contribution >= 0.6 is 0 Å². The first kappa shape index (κ1) is 15.9. The predicted molar refractivity (Wildman–Crippen MR) is 97.4 cm³/mol. The number of nitrogens with zero attached hydrogens (tertiary/aromatic N) is 4. The smallest absolute Gasteiger partial charge is 0.324 e. The zero-order valence-electron chi connectivity index (χ0n) is 14.8. The van der Waals surface area contributed by atoms with Crippen LogP contribution in [-0.2, 0) is 6.54 Å². The van der Waals surface area contributed by atoms with Gasteiger partial charge < -0.3 is 4.57 Å². The van der Waals surface area contributed by atoms with E-state index in [-0.39, 0.29) is 17.3 Å². The lowest BCUT2D eigenvalue weighted by Gasteiger charge is -2.15. The van der Waals surface area contributed by atoms with E-state index in [9.17, 15) is 9.59 Å². The molecule has 1 aromatic carbocycles. The molecule has 0 spiro atoms. The summed E-state index contributed by atoms with van der Waals surface area (Å²) in [5, 5.41) is 0. The molecular weight excluding hydrogens is 316 g/mol. The van der Waals surface area contributed by atoms with Crippen molar-refractivity contribution < 1.29 is 0 Å². The van der Waals surface area contributed by atoms with Gasteiger partial charge in [0.2, 0.25) is 0 Å². The van der Waals surface area contributed by atoms with E-state index in [1.807, 2.05) is 49.6 Å². The quantitative estimate of drug-likeness (QED) is 0.735. The average molecular weight is 338 g/mol. The van der Waals surface area contributed by atoms with Crippen molar-refractivity contribution in [3.05, 3.63) is 57.0 Å². The molecule has 0 radical (unpaired) electrons. The largest absolute Gasteiger partial charge is 0.337 e. The van der Waals surface area contributed by atoms with Gasteiger partial charge in [-0.25, -0.2) is 14.3 Å². The molecule has 0 atom stereocenters. The highest BCUT2D eigenvalue weighted by molar-refractivity contribution is 5.72. The van der Waals surface area contributed by atoms with Crippen LogP contribution in [-0.4, -0.2) is 18.7 Å². The summed E-state index contributed by atoms with van der Waals surface area (Å²) in [6.07, 6.45) is 4.07. The lowest BCUT2D eigenvalue weighted by molar-refractivity contribution is 0.537. The fourth-order valence-electron chi connectivity index (χ4n) is 3.25. The summed E-state index contributed by atoms with van der Waals surface area (Å²) in [5.74, 6) is 0.615. The monoisotopic (exact) mass is 338 g/mol. The molecule has 4 rings (SSSR count). The van der Waals surface area contributed by atoms with E-state index in [0.29, 0.717) is 17.1 Å². The Morgan fingerprint density at radius 1 is 1.16 bits per heavy atom. The van der Waals surface area contributed by atoms with Crippen molar-refractivity contribution in [3.8, 4) is 5.69 Å². The highest BCUT2D eigenvalue weighted by Crippen LogP contribution is 2.31. The Kier molecular flexibility index (Phi) is 3.63. The molecule has 1 aliphatic carbocycles. The van der Waals surface area contributed by atoms with Crippen LogP contribution in [0.15, 0.2) is 40.2 Å². The molecule has 0 unspecified atom stereocenters. The van der Waals surface area contributed by atoms with Crippen LogP contribution in [0, 0.1) is 12.8 Å². The minimum atomic E-state index is -0.340. The fourth-order valence-corrected chi connectivity index (χ4v) is 3.25. The lowest BCUT2D eigenvalue weighted by atomic mass is 10.2. The third kappa shape index (κ3) is 2.62. The number of aromatic nitrogens is 4. The molecule has 0 saturated heterocycles. The van der Waals surface area contributed by atoms with E-state index in [1.165, 1.54) is 17.4 Å². The second kappa shape index (κ2) is 5.72. The first-order chi connectivity index (χ1) is 12.0. The molecule has 6 heteroatoms. The fraction of sp³-hybridized carbons (Fsp3) is 0.421. The number of rotatable bonds is 4. The molecule has 2 aromatic heterocycles. The van der Waals surface area contributed by atoms with Gasteiger partial charge in [0.25, 0.3) is 5.56 Å². The first-order valence-corrected chi connectivity index (χ1v) is 8.77. The number of benzene rings is 1. The minimum Gasteiger partial charge on any atom is -0.324 e. The van der Waals surface area contributed by atoms with Crippen LogP contribution in [0.5, 0.6) is 0 Å². The van der Waals surface area contributed by atoms with E-state index in [4.69, 9.17) is 0 Å². The molecular formula is C19H22N4O2. The van der Waals surface area contributed by atoms with E-state index in [2.05, 4.69) is 4.98 Å². The zero-order valence-corrected chi connectivity index (χ0v) is 14.8. The Morgan fingerprint density at radius 2 is 1.84 bits per heavy atom. The van der Waals surface area contributed by atoms with Crippen LogP contribution in [0.3, 0.4) is 0 Å². The van der Waals surface area contributed by atoms with Crippen LogP contribution in [0.4, 0.5) is 0 Å². The average Bonchev–Trinajstić information content (AvgIpc) is 3.27. The second-order valence-corrected chi connectivity index (χ2v) is 7.23. The van der Waals surface area contributed by atoms with Gasteiger partial charge in [0.1, 0.15) is 0 Å². The minimum absolute atomic E-state index is 0.217. The first-order valence-electron chi connectivity index (χ1n) is 8.77. The van der Waals surface area contributed by atoms with E-state index in [0.717, 1.165) is 17.8 Å². The summed E-state index contributed by atoms with van der Waals surface area (Å²) >= 11 is 0. The topological polar surface area (TPSA) is 61.8 Å². The van der Waals surface area contributed by atoms with Crippen molar-refractivity contribution in [2.24, 2.45) is 5.92 Å². The van der Waals surface area contributed by atoms with Crippen molar-refractivity contribution in [2.45, 2.75) is 46.2 Å². The molecule has 3 aromatic rings. The third-order valence-electron chi connectivity index (χ3n) is 4.81. The summed E-state index contributed by atoms with van der Waals surface area (Å²) in [6.45, 7) is 6.50. The SMILES string of the molecule is Cc1ccc(-n2c(=O)n(C(C)C)c(=O)c3c2ncn3CC2CC2)cc1. The predicted octanol–water partition coefficient (Wildman–Crippen LogP) is 2.65. The van der Waals surface area contributed by atoms with Crippen LogP contribution in [0.2, 0.25) is 0 Å². The number of imidazole rings is 1. The molecule has 1 fully saturated rings. The van der Waals surface area contributed by atoms with Gasteiger partial charge in [-0.1, -0.05) is 17.7 Å². The van der Waals surface area contributed by atoms with Gasteiger partial charge >= 0.3 is 5.69 Å². The molecule has 130 valence electrons. The van der Waals surface area contributed by atoms with Gasteiger partial charge in [-0.15, -0.1) is 0 Å².